The molecular weight excluding hydrogens is 398 g/mol. The molecule has 0 aromatic heterocycles. The van der Waals surface area contributed by atoms with E-state index in [4.69, 9.17) is 0 Å². The summed E-state index contributed by atoms with van der Waals surface area (Å²) in [5.41, 5.74) is 8.80. The first-order valence-corrected chi connectivity index (χ1v) is 11.4. The van der Waals surface area contributed by atoms with Crippen LogP contribution in [0.5, 0.6) is 0 Å². The van der Waals surface area contributed by atoms with Crippen LogP contribution in [0.4, 0.5) is 17.1 Å². The predicted octanol–water partition coefficient (Wildman–Crippen LogP) is 9.11. The summed E-state index contributed by atoms with van der Waals surface area (Å²) in [6, 6.07) is 46.0. The van der Waals surface area contributed by atoms with Crippen molar-refractivity contribution in [1.82, 2.24) is 0 Å². The van der Waals surface area contributed by atoms with Crippen LogP contribution in [0.15, 0.2) is 127 Å². The van der Waals surface area contributed by atoms with E-state index in [-0.39, 0.29) is 0 Å². The number of hydrogen-bond donors (Lipinski definition) is 0. The molecular formula is C32H21N. The monoisotopic (exact) mass is 419 g/mol. The van der Waals surface area contributed by atoms with E-state index in [0.29, 0.717) is 0 Å². The molecule has 0 saturated heterocycles. The molecule has 0 amide bonds. The van der Waals surface area contributed by atoms with Gasteiger partial charge in [-0.1, -0.05) is 84.9 Å². The zero-order valence-electron chi connectivity index (χ0n) is 18.1. The highest BCUT2D eigenvalue weighted by Gasteiger charge is 2.27. The largest absolute Gasteiger partial charge is 0.310 e. The molecule has 1 heteroatoms. The Morgan fingerprint density at radius 3 is 1.64 bits per heavy atom. The predicted molar refractivity (Wildman–Crippen MR) is 141 cm³/mol. The number of para-hydroxylation sites is 2. The molecule has 0 aliphatic heterocycles. The van der Waals surface area contributed by atoms with E-state index in [0.717, 1.165) is 11.4 Å². The van der Waals surface area contributed by atoms with Crippen molar-refractivity contribution in [2.24, 2.45) is 0 Å². The standard InChI is InChI=1S/C32H21N/c1-3-13-25(14-4-1)33(26-15-5-2-6-16-26)30-19-18-22-12-9-17-27-28-20-23-10-7-8-11-24(23)21-29(28)32(30)31(22)27/h1-21H. The quantitative estimate of drug-likeness (QED) is 0.276. The Kier molecular flexibility index (Phi) is 3.91. The Balaban J connectivity index is 1.59. The summed E-state index contributed by atoms with van der Waals surface area (Å²) >= 11 is 0. The first-order chi connectivity index (χ1) is 16.4. The van der Waals surface area contributed by atoms with Crippen molar-refractivity contribution in [2.45, 2.75) is 0 Å². The Morgan fingerprint density at radius 2 is 0.970 bits per heavy atom. The maximum absolute atomic E-state index is 2.38. The molecule has 6 aromatic carbocycles. The van der Waals surface area contributed by atoms with Crippen LogP contribution in [0, 0.1) is 0 Å². The molecule has 0 heterocycles. The van der Waals surface area contributed by atoms with Gasteiger partial charge in [0.25, 0.3) is 0 Å². The molecule has 0 radical (unpaired) electrons. The number of hydrogen-bond acceptors (Lipinski definition) is 1. The lowest BCUT2D eigenvalue weighted by Crippen LogP contribution is -2.10. The van der Waals surface area contributed by atoms with Crippen LogP contribution < -0.4 is 4.90 Å². The Labute approximate surface area is 193 Å². The van der Waals surface area contributed by atoms with E-state index in [1.54, 1.807) is 0 Å². The zero-order valence-corrected chi connectivity index (χ0v) is 18.1. The van der Waals surface area contributed by atoms with Crippen LogP contribution >= 0.6 is 0 Å². The Morgan fingerprint density at radius 1 is 0.394 bits per heavy atom. The molecule has 1 aliphatic carbocycles. The molecule has 0 N–H and O–H groups in total. The topological polar surface area (TPSA) is 3.24 Å². The van der Waals surface area contributed by atoms with Gasteiger partial charge in [-0.3, -0.25) is 0 Å². The van der Waals surface area contributed by atoms with Crippen molar-refractivity contribution in [3.63, 3.8) is 0 Å². The van der Waals surface area contributed by atoms with E-state index < -0.39 is 0 Å². The molecule has 0 saturated carbocycles. The number of anilines is 3. The fraction of sp³-hybridized carbons (Fsp3) is 0. The fourth-order valence-electron chi connectivity index (χ4n) is 5.30. The van der Waals surface area contributed by atoms with Crippen LogP contribution in [0.25, 0.3) is 43.8 Å². The van der Waals surface area contributed by atoms with E-state index in [2.05, 4.69) is 132 Å². The van der Waals surface area contributed by atoms with Gasteiger partial charge in [-0.15, -0.1) is 0 Å². The Hall–Kier alpha value is -4.36. The summed E-state index contributed by atoms with van der Waals surface area (Å²) in [6.45, 7) is 0. The molecule has 6 aromatic rings. The first-order valence-electron chi connectivity index (χ1n) is 11.4. The highest BCUT2D eigenvalue weighted by molar-refractivity contribution is 6.21. The van der Waals surface area contributed by atoms with Crippen molar-refractivity contribution in [2.75, 3.05) is 4.90 Å². The fourth-order valence-corrected chi connectivity index (χ4v) is 5.30. The van der Waals surface area contributed by atoms with Gasteiger partial charge in [-0.2, -0.15) is 0 Å². The van der Waals surface area contributed by atoms with Crippen LogP contribution in [0.2, 0.25) is 0 Å². The lowest BCUT2D eigenvalue weighted by atomic mass is 9.97. The highest BCUT2D eigenvalue weighted by atomic mass is 15.1. The molecule has 0 spiro atoms. The normalized spacial score (nSPS) is 11.6. The summed E-state index contributed by atoms with van der Waals surface area (Å²) in [5.74, 6) is 0. The van der Waals surface area contributed by atoms with Crippen LogP contribution in [-0.2, 0) is 0 Å². The van der Waals surface area contributed by atoms with Crippen molar-refractivity contribution < 1.29 is 0 Å². The second kappa shape index (κ2) is 7.08. The Bertz CT molecular complexity index is 1610. The average molecular weight is 420 g/mol. The van der Waals surface area contributed by atoms with Gasteiger partial charge in [-0.25, -0.2) is 0 Å². The van der Waals surface area contributed by atoms with Gasteiger partial charge in [0.1, 0.15) is 0 Å². The van der Waals surface area contributed by atoms with Crippen LogP contribution in [-0.4, -0.2) is 0 Å². The molecule has 1 aliphatic rings. The van der Waals surface area contributed by atoms with Gasteiger partial charge in [-0.05, 0) is 80.7 Å². The van der Waals surface area contributed by atoms with Gasteiger partial charge in [0, 0.05) is 16.9 Å². The second-order valence-corrected chi connectivity index (χ2v) is 8.61. The van der Waals surface area contributed by atoms with Gasteiger partial charge < -0.3 is 4.90 Å². The third-order valence-electron chi connectivity index (χ3n) is 6.74. The summed E-state index contributed by atoms with van der Waals surface area (Å²) in [6.07, 6.45) is 0. The third-order valence-corrected chi connectivity index (χ3v) is 6.74. The van der Waals surface area contributed by atoms with Crippen molar-refractivity contribution in [1.29, 1.82) is 0 Å². The van der Waals surface area contributed by atoms with Gasteiger partial charge >= 0.3 is 0 Å². The lowest BCUT2D eigenvalue weighted by molar-refractivity contribution is 1.29. The molecule has 7 rings (SSSR count). The number of rotatable bonds is 3. The number of nitrogens with zero attached hydrogens (tertiary/aromatic N) is 1. The summed E-state index contributed by atoms with van der Waals surface area (Å²) in [7, 11) is 0. The number of fused-ring (bicyclic) bond motifs is 4. The second-order valence-electron chi connectivity index (χ2n) is 8.61. The molecule has 33 heavy (non-hydrogen) atoms. The SMILES string of the molecule is c1ccc(N(c2ccccc2)c2ccc3cccc4c3c2-c2cc3ccccc3cc2-4)cc1. The van der Waals surface area contributed by atoms with Crippen molar-refractivity contribution in [3.05, 3.63) is 127 Å². The number of benzene rings is 6. The van der Waals surface area contributed by atoms with E-state index in [9.17, 15) is 0 Å². The minimum Gasteiger partial charge on any atom is -0.310 e. The van der Waals surface area contributed by atoms with E-state index in [1.807, 2.05) is 0 Å². The van der Waals surface area contributed by atoms with Crippen LogP contribution in [0.1, 0.15) is 0 Å². The summed E-state index contributed by atoms with van der Waals surface area (Å²) in [5, 5.41) is 5.19. The molecule has 154 valence electrons. The maximum Gasteiger partial charge on any atom is 0.0546 e. The molecule has 1 nitrogen and oxygen atoms in total. The van der Waals surface area contributed by atoms with Gasteiger partial charge in [0.15, 0.2) is 0 Å². The van der Waals surface area contributed by atoms with Crippen molar-refractivity contribution in [3.8, 4) is 22.3 Å². The summed E-state index contributed by atoms with van der Waals surface area (Å²) in [4.78, 5) is 2.38. The maximum atomic E-state index is 2.38. The molecule has 0 unspecified atom stereocenters. The van der Waals surface area contributed by atoms with E-state index >= 15 is 0 Å². The lowest BCUT2D eigenvalue weighted by Gasteiger charge is -2.28. The minimum absolute atomic E-state index is 1.16. The summed E-state index contributed by atoms with van der Waals surface area (Å²) < 4.78 is 0. The first kappa shape index (κ1) is 18.2. The van der Waals surface area contributed by atoms with E-state index in [1.165, 1.54) is 49.5 Å². The smallest absolute Gasteiger partial charge is 0.0546 e. The average Bonchev–Trinajstić information content (AvgIpc) is 3.20. The molecule has 0 fully saturated rings. The zero-order chi connectivity index (χ0) is 21.8. The van der Waals surface area contributed by atoms with Crippen LogP contribution in [0.3, 0.4) is 0 Å². The van der Waals surface area contributed by atoms with Gasteiger partial charge in [0.2, 0.25) is 0 Å². The molecule has 0 atom stereocenters. The third kappa shape index (κ3) is 2.73. The van der Waals surface area contributed by atoms with Gasteiger partial charge in [0.05, 0.1) is 5.69 Å². The molecule has 0 bridgehead atoms. The van der Waals surface area contributed by atoms with Crippen molar-refractivity contribution >= 4 is 38.6 Å². The minimum atomic E-state index is 1.16. The highest BCUT2D eigenvalue weighted by Crippen LogP contribution is 2.54.